The van der Waals surface area contributed by atoms with Gasteiger partial charge in [-0.15, -0.1) is 0 Å². The number of amides is 2. The van der Waals surface area contributed by atoms with Gasteiger partial charge in [0.15, 0.2) is 17.5 Å². The lowest BCUT2D eigenvalue weighted by Gasteiger charge is -2.19. The van der Waals surface area contributed by atoms with Gasteiger partial charge in [0.2, 0.25) is 11.6 Å². The minimum absolute atomic E-state index is 0.0237. The maximum absolute atomic E-state index is 12.6. The van der Waals surface area contributed by atoms with Crippen LogP contribution in [-0.4, -0.2) is 128 Å². The molecule has 20 nitrogen and oxygen atoms in total. The molecule has 3 atom stereocenters. The van der Waals surface area contributed by atoms with Crippen LogP contribution in [0.1, 0.15) is 67.5 Å². The number of halogens is 2. The Bertz CT molecular complexity index is 3800. The molecular formula is C59H60Br2N16O4. The van der Waals surface area contributed by atoms with Gasteiger partial charge in [0, 0.05) is 154 Å². The van der Waals surface area contributed by atoms with E-state index in [1.54, 1.807) is 12.4 Å². The van der Waals surface area contributed by atoms with Gasteiger partial charge in [-0.05, 0) is 121 Å². The van der Waals surface area contributed by atoms with Gasteiger partial charge in [0.1, 0.15) is 0 Å². The van der Waals surface area contributed by atoms with Crippen molar-refractivity contribution in [3.05, 3.63) is 196 Å². The lowest BCUT2D eigenvalue weighted by molar-refractivity contribution is 0.0682. The zero-order valence-corrected chi connectivity index (χ0v) is 48.0. The Morgan fingerprint density at radius 2 is 0.951 bits per heavy atom. The number of hydrogen-bond acceptors (Lipinski definition) is 14. The molecule has 13 rings (SSSR count). The topological polar surface area (TPSA) is 235 Å². The van der Waals surface area contributed by atoms with Crippen molar-refractivity contribution in [1.29, 1.82) is 0 Å². The Morgan fingerprint density at radius 3 is 1.41 bits per heavy atom. The summed E-state index contributed by atoms with van der Waals surface area (Å²) in [5.41, 5.74) is 15.7. The first kappa shape index (κ1) is 55.7. The fourth-order valence-electron chi connectivity index (χ4n) is 10.2. The number of carboxylic acid groups (broad SMARTS) is 1. The molecule has 2 amide bonds. The van der Waals surface area contributed by atoms with E-state index in [2.05, 4.69) is 157 Å². The standard InChI is InChI=1S/C23H22N6O.C19H19BrN4O.C12H16N4.C5H3BrN2O2/c1-16-7-10-28-12-9-24-22(20(16)28)29-11-8-19(15-29)27-23(30)21-25-13-18(14-26-21)17-5-3-2-4-6-17;1-13-6-9-23-11-8-21-18(17(13)23)24-10-7-16(12-24)22-19(25)14-2-4-15(20)5-3-14;1-9-2-5-15-7-4-14-12(11(9)15)16-6-3-10(13)8-16;6-3-1-7-4(5(9)10)8-2-3/h2-7,9-10,12-14,19H,8,11,15H2,1H3,(H,27,30);2-6,8-9,11,16H,7,10,12H2,1H3,(H,22,25);2,4-5,7,10H,3,6,8,13H2,1H3;1-2H,(H,9,10)/t19-;16-;10-;/m000./s1. The molecule has 81 heavy (non-hydrogen) atoms. The van der Waals surface area contributed by atoms with Crippen LogP contribution < -0.4 is 31.1 Å². The predicted molar refractivity (Wildman–Crippen MR) is 319 cm³/mol. The van der Waals surface area contributed by atoms with Gasteiger partial charge in [-0.25, -0.2) is 39.7 Å². The molecule has 8 aromatic heterocycles. The zero-order valence-electron chi connectivity index (χ0n) is 44.8. The SMILES string of the molecule is Cc1ccn2ccnc(N3CC[C@H](N)C3)c12.Cc1ccn2ccnc(N3CC[C@H](NC(=O)c4ccc(Br)cc4)C3)c12.Cc1ccn2ccnc(N3CC[C@H](NC(=O)c4ncc(-c5ccccc5)cn4)C3)c12.O=C(O)c1ncc(Br)cn1. The highest BCUT2D eigenvalue weighted by Crippen LogP contribution is 2.29. The molecular weight excluding hydrogens is 1160 g/mol. The molecule has 0 unspecified atom stereocenters. The summed E-state index contributed by atoms with van der Waals surface area (Å²) >= 11 is 6.47. The van der Waals surface area contributed by atoms with Crippen LogP contribution in [0.25, 0.3) is 27.7 Å². The van der Waals surface area contributed by atoms with Gasteiger partial charge in [0.25, 0.3) is 11.8 Å². The molecule has 3 aliphatic heterocycles. The smallest absolute Gasteiger partial charge is 0.373 e. The van der Waals surface area contributed by atoms with Crippen LogP contribution in [0.4, 0.5) is 17.5 Å². The summed E-state index contributed by atoms with van der Waals surface area (Å²) in [6.07, 6.45) is 26.6. The van der Waals surface area contributed by atoms with Gasteiger partial charge >= 0.3 is 5.97 Å². The average Bonchev–Trinajstić information content (AvgIpc) is 4.43. The van der Waals surface area contributed by atoms with Crippen molar-refractivity contribution in [1.82, 2.24) is 58.7 Å². The van der Waals surface area contributed by atoms with Crippen LogP contribution in [0.15, 0.2) is 162 Å². The first-order chi connectivity index (χ1) is 39.3. The molecule has 11 heterocycles. The maximum atomic E-state index is 12.6. The van der Waals surface area contributed by atoms with Crippen molar-refractivity contribution in [2.24, 2.45) is 5.73 Å². The number of aromatic carboxylic acids is 1. The van der Waals surface area contributed by atoms with Crippen LogP contribution in [0.3, 0.4) is 0 Å². The summed E-state index contributed by atoms with van der Waals surface area (Å²) in [6.45, 7) is 11.5. The number of rotatable bonds is 9. The molecule has 0 aliphatic carbocycles. The van der Waals surface area contributed by atoms with E-state index >= 15 is 0 Å². The first-order valence-corrected chi connectivity index (χ1v) is 28.1. The Morgan fingerprint density at radius 1 is 0.506 bits per heavy atom. The number of nitrogens with zero attached hydrogens (tertiary/aromatic N) is 13. The van der Waals surface area contributed by atoms with Gasteiger partial charge in [-0.1, -0.05) is 46.3 Å². The average molecular weight is 1220 g/mol. The monoisotopic (exact) mass is 1210 g/mol. The number of carbonyl (C=O) groups is 3. The van der Waals surface area contributed by atoms with E-state index < -0.39 is 5.97 Å². The van der Waals surface area contributed by atoms with Crippen molar-refractivity contribution in [3.63, 3.8) is 0 Å². The summed E-state index contributed by atoms with van der Waals surface area (Å²) in [7, 11) is 0. The lowest BCUT2D eigenvalue weighted by Crippen LogP contribution is -2.38. The Balaban J connectivity index is 0.000000130. The van der Waals surface area contributed by atoms with Crippen molar-refractivity contribution < 1.29 is 19.5 Å². The second kappa shape index (κ2) is 25.2. The second-order valence-electron chi connectivity index (χ2n) is 20.0. The predicted octanol–water partition coefficient (Wildman–Crippen LogP) is 8.64. The maximum Gasteiger partial charge on any atom is 0.373 e. The van der Waals surface area contributed by atoms with Gasteiger partial charge < -0.3 is 49.4 Å². The minimum Gasteiger partial charge on any atom is -0.475 e. The number of hydrogen-bond donors (Lipinski definition) is 4. The Labute approximate surface area is 484 Å². The largest absolute Gasteiger partial charge is 0.475 e. The van der Waals surface area contributed by atoms with Crippen molar-refractivity contribution in [2.45, 2.75) is 58.2 Å². The molecule has 3 aliphatic rings. The fraction of sp³-hybridized carbons (Fsp3) is 0.254. The highest BCUT2D eigenvalue weighted by molar-refractivity contribution is 9.10. The number of carbonyl (C=O) groups excluding carboxylic acids is 2. The van der Waals surface area contributed by atoms with Crippen molar-refractivity contribution in [3.8, 4) is 11.1 Å². The van der Waals surface area contributed by atoms with Crippen LogP contribution in [0.2, 0.25) is 0 Å². The van der Waals surface area contributed by atoms with Crippen LogP contribution in [0, 0.1) is 20.8 Å². The van der Waals surface area contributed by atoms with E-state index in [1.807, 2.05) is 98.0 Å². The quantitative estimate of drug-likeness (QED) is 0.106. The molecule has 414 valence electrons. The molecule has 22 heteroatoms. The molecule has 0 bridgehead atoms. The molecule has 3 fully saturated rings. The highest BCUT2D eigenvalue weighted by atomic mass is 79.9. The van der Waals surface area contributed by atoms with Crippen molar-refractivity contribution in [2.75, 3.05) is 54.0 Å². The van der Waals surface area contributed by atoms with Gasteiger partial charge in [-0.2, -0.15) is 0 Å². The van der Waals surface area contributed by atoms with Crippen LogP contribution >= 0.6 is 31.9 Å². The zero-order chi connectivity index (χ0) is 56.6. The van der Waals surface area contributed by atoms with Crippen LogP contribution in [0.5, 0.6) is 0 Å². The summed E-state index contributed by atoms with van der Waals surface area (Å²) in [5, 5.41) is 14.5. The molecule has 2 aromatic carbocycles. The molecule has 0 saturated carbocycles. The second-order valence-corrected chi connectivity index (χ2v) is 21.9. The number of benzene rings is 2. The third-order valence-electron chi connectivity index (χ3n) is 14.3. The number of fused-ring (bicyclic) bond motifs is 3. The van der Waals surface area contributed by atoms with Crippen LogP contribution in [-0.2, 0) is 0 Å². The number of anilines is 3. The third kappa shape index (κ3) is 13.2. The lowest BCUT2D eigenvalue weighted by atomic mass is 10.1. The van der Waals surface area contributed by atoms with E-state index in [4.69, 9.17) is 10.8 Å². The van der Waals surface area contributed by atoms with E-state index in [1.165, 1.54) is 34.6 Å². The number of aromatic nitrogens is 10. The number of nitrogens with two attached hydrogens (primary N) is 1. The van der Waals surface area contributed by atoms with Gasteiger partial charge in [0.05, 0.1) is 21.0 Å². The first-order valence-electron chi connectivity index (χ1n) is 26.5. The van der Waals surface area contributed by atoms with Gasteiger partial charge in [-0.3, -0.25) is 9.59 Å². The Hall–Kier alpha value is -8.60. The molecule has 0 radical (unpaired) electrons. The van der Waals surface area contributed by atoms with E-state index in [-0.39, 0.29) is 41.6 Å². The molecule has 0 spiro atoms. The summed E-state index contributed by atoms with van der Waals surface area (Å²) in [6, 6.07) is 24.1. The molecule has 5 N–H and O–H groups in total. The fourth-order valence-corrected chi connectivity index (χ4v) is 10.7. The van der Waals surface area contributed by atoms with E-state index in [0.717, 1.165) is 96.1 Å². The van der Waals surface area contributed by atoms with E-state index in [0.29, 0.717) is 16.6 Å². The number of nitrogens with one attached hydrogen (secondary N) is 2. The van der Waals surface area contributed by atoms with Crippen molar-refractivity contribution >= 4 is 83.6 Å². The highest BCUT2D eigenvalue weighted by Gasteiger charge is 2.29. The Kier molecular flexibility index (Phi) is 17.4. The number of aryl methyl sites for hydroxylation is 3. The third-order valence-corrected chi connectivity index (χ3v) is 15.2. The summed E-state index contributed by atoms with van der Waals surface area (Å²) < 4.78 is 7.95. The summed E-state index contributed by atoms with van der Waals surface area (Å²) in [5.74, 6) is 1.63. The number of carboxylic acids is 1. The molecule has 3 saturated heterocycles. The summed E-state index contributed by atoms with van der Waals surface area (Å²) in [4.78, 5) is 71.3. The van der Waals surface area contributed by atoms with E-state index in [9.17, 15) is 14.4 Å². The normalized spacial score (nSPS) is 16.6. The molecule has 10 aromatic rings. The minimum atomic E-state index is -1.12.